The molecule has 0 aliphatic carbocycles. The maximum atomic E-state index is 11.6. The number of hydrogen-bond donors (Lipinski definition) is 2. The number of anilines is 1. The number of methoxy groups -OCH3 is 1. The van der Waals surface area contributed by atoms with E-state index in [4.69, 9.17) is 10.5 Å². The van der Waals surface area contributed by atoms with E-state index in [1.54, 1.807) is 13.2 Å². The molecule has 0 bridgehead atoms. The zero-order valence-electron chi connectivity index (χ0n) is 8.86. The Bertz CT molecular complexity index is 341. The third-order valence-electron chi connectivity index (χ3n) is 1.81. The van der Waals surface area contributed by atoms with Crippen LogP contribution in [-0.2, 0) is 4.74 Å². The number of pyridine rings is 1. The molecular formula is C10H15N3O2. The lowest BCUT2D eigenvalue weighted by atomic mass is 10.3. The minimum absolute atomic E-state index is 0.0502. The Morgan fingerprint density at radius 2 is 2.47 bits per heavy atom. The highest BCUT2D eigenvalue weighted by atomic mass is 16.5. The van der Waals surface area contributed by atoms with Crippen LogP contribution < -0.4 is 11.1 Å². The van der Waals surface area contributed by atoms with Gasteiger partial charge in [-0.05, 0) is 19.1 Å². The molecule has 0 radical (unpaired) electrons. The first-order valence-corrected chi connectivity index (χ1v) is 4.65. The number of nitrogens with zero attached hydrogens (tertiary/aromatic N) is 1. The lowest BCUT2D eigenvalue weighted by Gasteiger charge is -2.12. The average molecular weight is 209 g/mol. The van der Waals surface area contributed by atoms with Gasteiger partial charge in [0.15, 0.2) is 0 Å². The molecule has 1 aromatic rings. The summed E-state index contributed by atoms with van der Waals surface area (Å²) in [5.74, 6) is -0.244. The number of aromatic nitrogens is 1. The first-order valence-electron chi connectivity index (χ1n) is 4.65. The van der Waals surface area contributed by atoms with Crippen molar-refractivity contribution >= 4 is 11.6 Å². The van der Waals surface area contributed by atoms with Gasteiger partial charge < -0.3 is 15.8 Å². The number of ether oxygens (including phenoxy) is 1. The van der Waals surface area contributed by atoms with Crippen LogP contribution in [0.15, 0.2) is 18.3 Å². The number of nitrogens with two attached hydrogens (primary N) is 1. The maximum Gasteiger partial charge on any atom is 0.270 e. The number of rotatable bonds is 4. The number of hydrogen-bond acceptors (Lipinski definition) is 4. The van der Waals surface area contributed by atoms with E-state index >= 15 is 0 Å². The van der Waals surface area contributed by atoms with Crippen LogP contribution >= 0.6 is 0 Å². The second kappa shape index (κ2) is 5.31. The van der Waals surface area contributed by atoms with Crippen LogP contribution in [0.1, 0.15) is 17.4 Å². The Balaban J connectivity index is 2.61. The largest absolute Gasteiger partial charge is 0.399 e. The van der Waals surface area contributed by atoms with E-state index in [9.17, 15) is 4.79 Å². The van der Waals surface area contributed by atoms with E-state index in [2.05, 4.69) is 10.3 Å². The van der Waals surface area contributed by atoms with E-state index in [1.165, 1.54) is 12.3 Å². The first kappa shape index (κ1) is 11.5. The summed E-state index contributed by atoms with van der Waals surface area (Å²) >= 11 is 0. The number of amides is 1. The molecule has 1 heterocycles. The molecule has 0 saturated carbocycles. The summed E-state index contributed by atoms with van der Waals surface area (Å²) in [6, 6.07) is 3.12. The molecule has 0 spiro atoms. The molecule has 3 N–H and O–H groups in total. The Kier molecular flexibility index (Phi) is 4.05. The van der Waals surface area contributed by atoms with E-state index < -0.39 is 0 Å². The second-order valence-corrected chi connectivity index (χ2v) is 3.30. The number of nitrogen functional groups attached to an aromatic ring is 1. The van der Waals surface area contributed by atoms with Crippen LogP contribution in [0.2, 0.25) is 0 Å². The highest BCUT2D eigenvalue weighted by Gasteiger charge is 2.10. The van der Waals surface area contributed by atoms with Crippen molar-refractivity contribution in [2.45, 2.75) is 13.0 Å². The summed E-state index contributed by atoms with van der Waals surface area (Å²) in [5, 5.41) is 2.74. The Labute approximate surface area is 88.6 Å². The number of carbonyl (C=O) groups excluding carboxylic acids is 1. The molecule has 0 aliphatic heterocycles. The van der Waals surface area contributed by atoms with Crippen LogP contribution in [0.3, 0.4) is 0 Å². The fourth-order valence-electron chi connectivity index (χ4n) is 1.16. The fraction of sp³-hybridized carbons (Fsp3) is 0.400. The van der Waals surface area contributed by atoms with Gasteiger partial charge in [0.2, 0.25) is 0 Å². The molecule has 1 aromatic heterocycles. The van der Waals surface area contributed by atoms with E-state index in [1.807, 2.05) is 6.92 Å². The van der Waals surface area contributed by atoms with Gasteiger partial charge in [-0.15, -0.1) is 0 Å². The van der Waals surface area contributed by atoms with Gasteiger partial charge in [0, 0.05) is 25.0 Å². The molecule has 1 amide bonds. The standard InChI is InChI=1S/C10H15N3O2/c1-7(6-15-2)13-10(14)9-5-8(11)3-4-12-9/h3-5,7H,6H2,1-2H3,(H2,11,12)(H,13,14). The Hall–Kier alpha value is -1.62. The van der Waals surface area contributed by atoms with Gasteiger partial charge in [0.25, 0.3) is 5.91 Å². The van der Waals surface area contributed by atoms with Gasteiger partial charge in [-0.1, -0.05) is 0 Å². The van der Waals surface area contributed by atoms with Crippen LogP contribution in [0, 0.1) is 0 Å². The molecule has 82 valence electrons. The van der Waals surface area contributed by atoms with E-state index in [0.717, 1.165) is 0 Å². The third kappa shape index (κ3) is 3.55. The molecule has 0 fully saturated rings. The highest BCUT2D eigenvalue weighted by Crippen LogP contribution is 2.02. The van der Waals surface area contributed by atoms with Crippen LogP contribution in [0.4, 0.5) is 5.69 Å². The van der Waals surface area contributed by atoms with E-state index in [-0.39, 0.29) is 11.9 Å². The number of carbonyl (C=O) groups is 1. The van der Waals surface area contributed by atoms with E-state index in [0.29, 0.717) is 18.0 Å². The predicted molar refractivity (Wildman–Crippen MR) is 57.5 cm³/mol. The van der Waals surface area contributed by atoms with Crippen molar-refractivity contribution in [2.24, 2.45) is 0 Å². The van der Waals surface area contributed by atoms with Gasteiger partial charge in [-0.3, -0.25) is 9.78 Å². The van der Waals surface area contributed by atoms with Crippen molar-refractivity contribution in [3.8, 4) is 0 Å². The zero-order chi connectivity index (χ0) is 11.3. The summed E-state index contributed by atoms with van der Waals surface area (Å²) in [6.45, 7) is 2.32. The van der Waals surface area contributed by atoms with Gasteiger partial charge in [0.1, 0.15) is 5.69 Å². The van der Waals surface area contributed by atoms with Crippen molar-refractivity contribution in [2.75, 3.05) is 19.5 Å². The van der Waals surface area contributed by atoms with Crippen LogP contribution in [0.5, 0.6) is 0 Å². The summed E-state index contributed by atoms with van der Waals surface area (Å²) in [4.78, 5) is 15.5. The monoisotopic (exact) mass is 209 g/mol. The fourth-order valence-corrected chi connectivity index (χ4v) is 1.16. The van der Waals surface area contributed by atoms with Gasteiger partial charge in [0.05, 0.1) is 6.61 Å². The van der Waals surface area contributed by atoms with Gasteiger partial charge in [-0.2, -0.15) is 0 Å². The molecule has 5 nitrogen and oxygen atoms in total. The van der Waals surface area contributed by atoms with Crippen molar-refractivity contribution in [3.05, 3.63) is 24.0 Å². The number of nitrogens with one attached hydrogen (secondary N) is 1. The molecule has 15 heavy (non-hydrogen) atoms. The zero-order valence-corrected chi connectivity index (χ0v) is 8.86. The summed E-state index contributed by atoms with van der Waals surface area (Å²) in [7, 11) is 1.58. The molecule has 1 unspecified atom stereocenters. The average Bonchev–Trinajstić information content (AvgIpc) is 2.18. The van der Waals surface area contributed by atoms with Crippen molar-refractivity contribution in [3.63, 3.8) is 0 Å². The first-order chi connectivity index (χ1) is 7.13. The Morgan fingerprint density at radius 1 is 1.73 bits per heavy atom. The molecule has 5 heteroatoms. The lowest BCUT2D eigenvalue weighted by molar-refractivity contribution is 0.0900. The predicted octanol–water partition coefficient (Wildman–Crippen LogP) is 0.428. The molecule has 1 rings (SSSR count). The van der Waals surface area contributed by atoms with Crippen LogP contribution in [0.25, 0.3) is 0 Å². The summed E-state index contributed by atoms with van der Waals surface area (Å²) in [6.07, 6.45) is 1.51. The molecule has 0 aliphatic rings. The molecular weight excluding hydrogens is 194 g/mol. The van der Waals surface area contributed by atoms with Crippen molar-refractivity contribution in [1.29, 1.82) is 0 Å². The molecule has 0 aromatic carbocycles. The molecule has 1 atom stereocenters. The smallest absolute Gasteiger partial charge is 0.270 e. The SMILES string of the molecule is COCC(C)NC(=O)c1cc(N)ccn1. The van der Waals surface area contributed by atoms with Gasteiger partial charge in [-0.25, -0.2) is 0 Å². The summed E-state index contributed by atoms with van der Waals surface area (Å²) in [5.41, 5.74) is 6.38. The van der Waals surface area contributed by atoms with Crippen LogP contribution in [-0.4, -0.2) is 30.6 Å². The Morgan fingerprint density at radius 3 is 3.07 bits per heavy atom. The quantitative estimate of drug-likeness (QED) is 0.753. The third-order valence-corrected chi connectivity index (χ3v) is 1.81. The van der Waals surface area contributed by atoms with Crippen molar-refractivity contribution in [1.82, 2.24) is 10.3 Å². The van der Waals surface area contributed by atoms with Crippen molar-refractivity contribution < 1.29 is 9.53 Å². The summed E-state index contributed by atoms with van der Waals surface area (Å²) < 4.78 is 4.90. The normalized spacial score (nSPS) is 12.1. The highest BCUT2D eigenvalue weighted by molar-refractivity contribution is 5.93. The molecule has 0 saturated heterocycles. The lowest BCUT2D eigenvalue weighted by Crippen LogP contribution is -2.36. The second-order valence-electron chi connectivity index (χ2n) is 3.30. The topological polar surface area (TPSA) is 77.2 Å². The minimum Gasteiger partial charge on any atom is -0.399 e. The maximum absolute atomic E-state index is 11.6. The van der Waals surface area contributed by atoms with Gasteiger partial charge >= 0.3 is 0 Å². The minimum atomic E-state index is -0.244.